The fourth-order valence-electron chi connectivity index (χ4n) is 1.75. The Kier molecular flexibility index (Phi) is 5.13. The molecular formula is C13H19N5OS2. The van der Waals surface area contributed by atoms with Crippen LogP contribution in [0, 0.1) is 0 Å². The summed E-state index contributed by atoms with van der Waals surface area (Å²) in [5, 5.41) is 6.53. The van der Waals surface area contributed by atoms with Gasteiger partial charge in [0.1, 0.15) is 15.7 Å². The van der Waals surface area contributed by atoms with Crippen LogP contribution in [0.2, 0.25) is 0 Å². The van der Waals surface area contributed by atoms with Gasteiger partial charge in [0.05, 0.1) is 6.04 Å². The lowest BCUT2D eigenvalue weighted by Gasteiger charge is -2.13. The molecule has 0 aromatic carbocycles. The third kappa shape index (κ3) is 3.51. The molecule has 3 N–H and O–H groups in total. The van der Waals surface area contributed by atoms with E-state index in [1.807, 2.05) is 31.2 Å². The third-order valence-corrected chi connectivity index (χ3v) is 5.19. The van der Waals surface area contributed by atoms with Gasteiger partial charge in [-0.15, -0.1) is 11.3 Å². The van der Waals surface area contributed by atoms with Crippen LogP contribution in [0.25, 0.3) is 0 Å². The minimum absolute atomic E-state index is 0.0913. The molecule has 0 bridgehead atoms. The van der Waals surface area contributed by atoms with E-state index in [-0.39, 0.29) is 17.8 Å². The number of aromatic nitrogens is 2. The van der Waals surface area contributed by atoms with E-state index in [2.05, 4.69) is 15.3 Å². The largest absolute Gasteiger partial charge is 0.382 e. The van der Waals surface area contributed by atoms with Crippen molar-refractivity contribution in [2.45, 2.75) is 26.3 Å². The van der Waals surface area contributed by atoms with Crippen molar-refractivity contribution in [1.82, 2.24) is 15.3 Å². The van der Waals surface area contributed by atoms with Crippen molar-refractivity contribution in [3.05, 3.63) is 21.5 Å². The molecule has 2 aromatic heterocycles. The summed E-state index contributed by atoms with van der Waals surface area (Å²) in [5.74, 6) is 0.0876. The average Bonchev–Trinajstić information content (AvgIpc) is 3.13. The highest BCUT2D eigenvalue weighted by molar-refractivity contribution is 7.18. The first kappa shape index (κ1) is 15.7. The summed E-state index contributed by atoms with van der Waals surface area (Å²) < 4.78 is 0. The van der Waals surface area contributed by atoms with E-state index in [1.54, 1.807) is 6.20 Å². The molecule has 21 heavy (non-hydrogen) atoms. The van der Waals surface area contributed by atoms with Crippen molar-refractivity contribution < 1.29 is 4.79 Å². The van der Waals surface area contributed by atoms with E-state index in [0.29, 0.717) is 4.88 Å². The Labute approximate surface area is 132 Å². The van der Waals surface area contributed by atoms with Crippen LogP contribution in [0.4, 0.5) is 10.9 Å². The molecule has 1 unspecified atom stereocenters. The summed E-state index contributed by atoms with van der Waals surface area (Å²) in [4.78, 5) is 23.3. The summed E-state index contributed by atoms with van der Waals surface area (Å²) in [6.07, 6.45) is 2.52. The first-order chi connectivity index (χ1) is 10.1. The SMILES string of the molecule is CCC(NC(=O)c1sc(N(C)CC)nc1N)c1nccs1. The lowest BCUT2D eigenvalue weighted by molar-refractivity contribution is 0.0940. The zero-order valence-electron chi connectivity index (χ0n) is 12.3. The van der Waals surface area contributed by atoms with Crippen LogP contribution in [0.5, 0.6) is 0 Å². The monoisotopic (exact) mass is 325 g/mol. The van der Waals surface area contributed by atoms with Crippen LogP contribution in [0.3, 0.4) is 0 Å². The minimum atomic E-state index is -0.192. The van der Waals surface area contributed by atoms with Crippen molar-refractivity contribution >= 4 is 39.5 Å². The first-order valence-electron chi connectivity index (χ1n) is 6.74. The lowest BCUT2D eigenvalue weighted by Crippen LogP contribution is -2.28. The third-order valence-electron chi connectivity index (χ3n) is 3.11. The molecule has 0 saturated heterocycles. The van der Waals surface area contributed by atoms with Gasteiger partial charge in [0.25, 0.3) is 5.91 Å². The number of hydrogen-bond acceptors (Lipinski definition) is 7. The van der Waals surface area contributed by atoms with Crippen LogP contribution in [-0.2, 0) is 0 Å². The van der Waals surface area contributed by atoms with E-state index in [9.17, 15) is 4.79 Å². The number of nitrogen functional groups attached to an aromatic ring is 1. The molecule has 2 rings (SSSR count). The number of thiazole rings is 2. The van der Waals surface area contributed by atoms with Crippen molar-refractivity contribution in [3.63, 3.8) is 0 Å². The molecule has 1 amide bonds. The van der Waals surface area contributed by atoms with Crippen LogP contribution in [-0.4, -0.2) is 29.5 Å². The molecule has 0 radical (unpaired) electrons. The predicted octanol–water partition coefficient (Wildman–Crippen LogP) is 2.52. The molecular weight excluding hydrogens is 306 g/mol. The number of rotatable bonds is 6. The number of carbonyl (C=O) groups excluding carboxylic acids is 1. The zero-order valence-corrected chi connectivity index (χ0v) is 13.9. The Morgan fingerprint density at radius 2 is 2.29 bits per heavy atom. The molecule has 6 nitrogen and oxygen atoms in total. The highest BCUT2D eigenvalue weighted by atomic mass is 32.1. The van der Waals surface area contributed by atoms with Crippen molar-refractivity contribution in [2.24, 2.45) is 0 Å². The second-order valence-electron chi connectivity index (χ2n) is 4.53. The van der Waals surface area contributed by atoms with Crippen molar-refractivity contribution in [3.8, 4) is 0 Å². The molecule has 0 fully saturated rings. The summed E-state index contributed by atoms with van der Waals surface area (Å²) in [6, 6.07) is -0.0913. The number of hydrogen-bond donors (Lipinski definition) is 2. The number of nitrogens with zero attached hydrogens (tertiary/aromatic N) is 3. The van der Waals surface area contributed by atoms with Gasteiger partial charge in [0.15, 0.2) is 5.13 Å². The van der Waals surface area contributed by atoms with Gasteiger partial charge in [-0.3, -0.25) is 4.79 Å². The normalized spacial score (nSPS) is 12.1. The van der Waals surface area contributed by atoms with Crippen molar-refractivity contribution in [1.29, 1.82) is 0 Å². The van der Waals surface area contributed by atoms with E-state index in [1.165, 1.54) is 22.7 Å². The van der Waals surface area contributed by atoms with Gasteiger partial charge in [0, 0.05) is 25.2 Å². The summed E-state index contributed by atoms with van der Waals surface area (Å²) in [7, 11) is 1.92. The van der Waals surface area contributed by atoms with Crippen LogP contribution < -0.4 is 16.0 Å². The number of amides is 1. The quantitative estimate of drug-likeness (QED) is 0.852. The van der Waals surface area contributed by atoms with Crippen molar-refractivity contribution in [2.75, 3.05) is 24.2 Å². The smallest absolute Gasteiger partial charge is 0.265 e. The molecule has 1 atom stereocenters. The number of carbonyl (C=O) groups is 1. The second-order valence-corrected chi connectivity index (χ2v) is 6.43. The van der Waals surface area contributed by atoms with Gasteiger partial charge >= 0.3 is 0 Å². The number of anilines is 2. The van der Waals surface area contributed by atoms with E-state index < -0.39 is 0 Å². The molecule has 0 aliphatic heterocycles. The van der Waals surface area contributed by atoms with E-state index >= 15 is 0 Å². The number of nitrogens with two attached hydrogens (primary N) is 1. The lowest BCUT2D eigenvalue weighted by atomic mass is 10.2. The predicted molar refractivity (Wildman–Crippen MR) is 88.1 cm³/mol. The maximum Gasteiger partial charge on any atom is 0.265 e. The van der Waals surface area contributed by atoms with E-state index in [4.69, 9.17) is 5.73 Å². The van der Waals surface area contributed by atoms with Gasteiger partial charge in [-0.25, -0.2) is 9.97 Å². The van der Waals surface area contributed by atoms with Crippen LogP contribution >= 0.6 is 22.7 Å². The Hall–Kier alpha value is -1.67. The molecule has 0 saturated carbocycles. The topological polar surface area (TPSA) is 84.1 Å². The van der Waals surface area contributed by atoms with Gasteiger partial charge in [-0.2, -0.15) is 0 Å². The molecule has 8 heteroatoms. The van der Waals surface area contributed by atoms with Crippen LogP contribution in [0.15, 0.2) is 11.6 Å². The summed E-state index contributed by atoms with van der Waals surface area (Å²) >= 11 is 2.84. The fraction of sp³-hybridized carbons (Fsp3) is 0.462. The maximum absolute atomic E-state index is 12.4. The molecule has 0 aliphatic carbocycles. The minimum Gasteiger partial charge on any atom is -0.382 e. The van der Waals surface area contributed by atoms with Gasteiger partial charge in [-0.1, -0.05) is 18.3 Å². The van der Waals surface area contributed by atoms with Gasteiger partial charge in [-0.05, 0) is 13.3 Å². The average molecular weight is 325 g/mol. The summed E-state index contributed by atoms with van der Waals surface area (Å²) in [5.41, 5.74) is 5.87. The standard InChI is InChI=1S/C13H19N5OS2/c1-4-8(12-15-6-7-20-12)16-11(19)9-10(14)17-13(21-9)18(3)5-2/h6-8H,4-5,14H2,1-3H3,(H,16,19). The second kappa shape index (κ2) is 6.86. The zero-order chi connectivity index (χ0) is 15.4. The first-order valence-corrected chi connectivity index (χ1v) is 8.44. The fourth-order valence-corrected chi connectivity index (χ4v) is 3.44. The Balaban J connectivity index is 2.14. The Morgan fingerprint density at radius 3 is 2.86 bits per heavy atom. The summed E-state index contributed by atoms with van der Waals surface area (Å²) in [6.45, 7) is 4.84. The van der Waals surface area contributed by atoms with Gasteiger partial charge in [0.2, 0.25) is 0 Å². The number of nitrogens with one attached hydrogen (secondary N) is 1. The van der Waals surface area contributed by atoms with Gasteiger partial charge < -0.3 is 16.0 Å². The highest BCUT2D eigenvalue weighted by Gasteiger charge is 2.21. The molecule has 0 aliphatic rings. The molecule has 2 heterocycles. The molecule has 0 spiro atoms. The van der Waals surface area contributed by atoms with Crippen LogP contribution in [0.1, 0.15) is 41.0 Å². The molecule has 114 valence electrons. The molecule has 2 aromatic rings. The van der Waals surface area contributed by atoms with E-state index in [0.717, 1.165) is 23.1 Å². The Morgan fingerprint density at radius 1 is 1.52 bits per heavy atom. The highest BCUT2D eigenvalue weighted by Crippen LogP contribution is 2.28. The Bertz CT molecular complexity index is 596. The maximum atomic E-state index is 12.4.